The summed E-state index contributed by atoms with van der Waals surface area (Å²) in [6, 6.07) is 0. The molecule has 2 rings (SSSR count). The smallest absolute Gasteiger partial charge is 0.422 e. The summed E-state index contributed by atoms with van der Waals surface area (Å²) < 4.78 is 41.4. The van der Waals surface area contributed by atoms with E-state index in [4.69, 9.17) is 4.74 Å². The van der Waals surface area contributed by atoms with Gasteiger partial charge in [0.25, 0.3) is 5.19 Å². The standard InChI is InChI=1S/C17H27F3N2OS/c1-2-15-14(22-16(24-15)23-12-17(18,19)20)9-11-21-10-8-13-6-4-3-5-7-13/h13,21H,2-12H2,1H3. The van der Waals surface area contributed by atoms with Crippen molar-refractivity contribution in [3.8, 4) is 5.19 Å². The third kappa shape index (κ3) is 6.97. The molecule has 1 aromatic rings. The maximum Gasteiger partial charge on any atom is 0.422 e. The van der Waals surface area contributed by atoms with E-state index in [2.05, 4.69) is 10.3 Å². The predicted molar refractivity (Wildman–Crippen MR) is 90.8 cm³/mol. The molecule has 0 aliphatic heterocycles. The fourth-order valence-electron chi connectivity index (χ4n) is 3.15. The zero-order valence-electron chi connectivity index (χ0n) is 14.3. The first-order valence-corrected chi connectivity index (χ1v) is 9.68. The van der Waals surface area contributed by atoms with E-state index in [0.29, 0.717) is 0 Å². The van der Waals surface area contributed by atoms with Gasteiger partial charge in [0.1, 0.15) is 0 Å². The average molecular weight is 364 g/mol. The highest BCUT2D eigenvalue weighted by Crippen LogP contribution is 2.28. The van der Waals surface area contributed by atoms with Gasteiger partial charge in [0, 0.05) is 17.8 Å². The van der Waals surface area contributed by atoms with Crippen LogP contribution in [0.25, 0.3) is 0 Å². The van der Waals surface area contributed by atoms with Gasteiger partial charge in [0.2, 0.25) is 0 Å². The second kappa shape index (κ2) is 9.61. The lowest BCUT2D eigenvalue weighted by Crippen LogP contribution is -2.22. The SMILES string of the molecule is CCc1sc(OCC(F)(F)F)nc1CCNCCC1CCCCC1. The van der Waals surface area contributed by atoms with Crippen LogP contribution in [-0.4, -0.2) is 30.9 Å². The molecule has 1 aliphatic rings. The number of aryl methyl sites for hydroxylation is 1. The molecule has 0 unspecified atom stereocenters. The van der Waals surface area contributed by atoms with Crippen molar-refractivity contribution in [3.63, 3.8) is 0 Å². The minimum Gasteiger partial charge on any atom is -0.460 e. The van der Waals surface area contributed by atoms with Crippen LogP contribution in [0.15, 0.2) is 0 Å². The first-order chi connectivity index (χ1) is 11.5. The number of nitrogens with zero attached hydrogens (tertiary/aromatic N) is 1. The highest BCUT2D eigenvalue weighted by atomic mass is 32.1. The molecule has 138 valence electrons. The molecule has 0 saturated heterocycles. The normalized spacial score (nSPS) is 16.5. The first-order valence-electron chi connectivity index (χ1n) is 8.86. The Kier molecular flexibility index (Phi) is 7.81. The number of alkyl halides is 3. The maximum absolute atomic E-state index is 12.2. The maximum atomic E-state index is 12.2. The van der Waals surface area contributed by atoms with Gasteiger partial charge < -0.3 is 10.1 Å². The number of halogens is 3. The summed E-state index contributed by atoms with van der Waals surface area (Å²) in [5, 5.41) is 3.57. The number of ether oxygens (including phenoxy) is 1. The molecule has 0 aromatic carbocycles. The van der Waals surface area contributed by atoms with Crippen molar-refractivity contribution in [1.82, 2.24) is 10.3 Å². The summed E-state index contributed by atoms with van der Waals surface area (Å²) in [6.45, 7) is 2.53. The van der Waals surface area contributed by atoms with Crippen molar-refractivity contribution in [2.75, 3.05) is 19.7 Å². The van der Waals surface area contributed by atoms with Crippen LogP contribution >= 0.6 is 11.3 Å². The number of thiazole rings is 1. The molecule has 7 heteroatoms. The molecule has 0 amide bonds. The molecule has 1 heterocycles. The monoisotopic (exact) mass is 364 g/mol. The molecular weight excluding hydrogens is 337 g/mol. The summed E-state index contributed by atoms with van der Waals surface area (Å²) in [4.78, 5) is 5.24. The van der Waals surface area contributed by atoms with Crippen molar-refractivity contribution in [3.05, 3.63) is 10.6 Å². The second-order valence-electron chi connectivity index (χ2n) is 6.40. The molecule has 0 spiro atoms. The zero-order valence-corrected chi connectivity index (χ0v) is 15.1. The Morgan fingerprint density at radius 2 is 1.96 bits per heavy atom. The largest absolute Gasteiger partial charge is 0.460 e. The number of nitrogens with one attached hydrogen (secondary N) is 1. The van der Waals surface area contributed by atoms with E-state index in [0.717, 1.165) is 42.4 Å². The topological polar surface area (TPSA) is 34.1 Å². The van der Waals surface area contributed by atoms with Crippen LogP contribution < -0.4 is 10.1 Å². The van der Waals surface area contributed by atoms with E-state index < -0.39 is 12.8 Å². The minimum atomic E-state index is -4.32. The average Bonchev–Trinajstić information content (AvgIpc) is 2.95. The highest BCUT2D eigenvalue weighted by molar-refractivity contribution is 7.13. The number of hydrogen-bond acceptors (Lipinski definition) is 4. The second-order valence-corrected chi connectivity index (χ2v) is 7.45. The minimum absolute atomic E-state index is 0.126. The lowest BCUT2D eigenvalue weighted by Gasteiger charge is -2.21. The van der Waals surface area contributed by atoms with Crippen LogP contribution in [0.1, 0.15) is 56.0 Å². The Morgan fingerprint density at radius 1 is 1.21 bits per heavy atom. The van der Waals surface area contributed by atoms with Gasteiger partial charge in [-0.15, -0.1) is 0 Å². The van der Waals surface area contributed by atoms with E-state index in [-0.39, 0.29) is 5.19 Å². The molecule has 0 bridgehead atoms. The quantitative estimate of drug-likeness (QED) is 0.642. The van der Waals surface area contributed by atoms with E-state index in [1.165, 1.54) is 49.9 Å². The molecule has 1 N–H and O–H groups in total. The van der Waals surface area contributed by atoms with Crippen LogP contribution in [0.2, 0.25) is 0 Å². The van der Waals surface area contributed by atoms with Gasteiger partial charge >= 0.3 is 6.18 Å². The van der Waals surface area contributed by atoms with Crippen molar-refractivity contribution in [2.45, 2.75) is 64.5 Å². The van der Waals surface area contributed by atoms with Gasteiger partial charge in [-0.3, -0.25) is 0 Å². The van der Waals surface area contributed by atoms with Gasteiger partial charge in [-0.1, -0.05) is 50.4 Å². The van der Waals surface area contributed by atoms with Gasteiger partial charge in [-0.2, -0.15) is 13.2 Å². The van der Waals surface area contributed by atoms with Gasteiger partial charge in [-0.25, -0.2) is 4.98 Å². The Hall–Kier alpha value is -0.820. The van der Waals surface area contributed by atoms with Crippen molar-refractivity contribution in [2.24, 2.45) is 5.92 Å². The molecule has 1 aliphatic carbocycles. The first kappa shape index (κ1) is 19.5. The van der Waals surface area contributed by atoms with Crippen LogP contribution in [0.5, 0.6) is 5.19 Å². The molecule has 1 saturated carbocycles. The van der Waals surface area contributed by atoms with E-state index in [9.17, 15) is 13.2 Å². The molecule has 24 heavy (non-hydrogen) atoms. The van der Waals surface area contributed by atoms with Crippen LogP contribution in [-0.2, 0) is 12.8 Å². The summed E-state index contributed by atoms with van der Waals surface area (Å²) in [7, 11) is 0. The Morgan fingerprint density at radius 3 is 2.62 bits per heavy atom. The molecule has 0 radical (unpaired) electrons. The predicted octanol–water partition coefficient (Wildman–Crippen LogP) is 4.75. The lowest BCUT2D eigenvalue weighted by atomic mass is 9.87. The number of aromatic nitrogens is 1. The van der Waals surface area contributed by atoms with E-state index in [1.54, 1.807) is 0 Å². The van der Waals surface area contributed by atoms with Crippen LogP contribution in [0, 0.1) is 5.92 Å². The van der Waals surface area contributed by atoms with Gasteiger partial charge in [0.15, 0.2) is 6.61 Å². The lowest BCUT2D eigenvalue weighted by molar-refractivity contribution is -0.153. The fourth-order valence-corrected chi connectivity index (χ4v) is 4.04. The summed E-state index contributed by atoms with van der Waals surface area (Å²) in [6.07, 6.45) is 5.22. The Labute approximate surface area is 146 Å². The third-order valence-corrected chi connectivity index (χ3v) is 5.59. The van der Waals surface area contributed by atoms with Gasteiger partial charge in [-0.05, 0) is 25.3 Å². The summed E-state index contributed by atoms with van der Waals surface area (Å²) >= 11 is 1.23. The summed E-state index contributed by atoms with van der Waals surface area (Å²) in [5.74, 6) is 0.860. The Balaban J connectivity index is 1.70. The van der Waals surface area contributed by atoms with Crippen LogP contribution in [0.3, 0.4) is 0 Å². The van der Waals surface area contributed by atoms with Crippen molar-refractivity contribution >= 4 is 11.3 Å². The molecule has 0 atom stereocenters. The van der Waals surface area contributed by atoms with Crippen LogP contribution in [0.4, 0.5) is 13.2 Å². The third-order valence-electron chi connectivity index (χ3n) is 4.43. The summed E-state index contributed by atoms with van der Waals surface area (Å²) in [5.41, 5.74) is 0.866. The molecule has 1 fully saturated rings. The van der Waals surface area contributed by atoms with E-state index in [1.807, 2.05) is 6.92 Å². The number of hydrogen-bond donors (Lipinski definition) is 1. The highest BCUT2D eigenvalue weighted by Gasteiger charge is 2.29. The molecular formula is C17H27F3N2OS. The Bertz CT molecular complexity index is 485. The number of rotatable bonds is 9. The molecule has 3 nitrogen and oxygen atoms in total. The zero-order chi connectivity index (χ0) is 17.4. The van der Waals surface area contributed by atoms with Gasteiger partial charge in [0.05, 0.1) is 5.69 Å². The van der Waals surface area contributed by atoms with E-state index >= 15 is 0 Å². The van der Waals surface area contributed by atoms with Crippen molar-refractivity contribution in [1.29, 1.82) is 0 Å². The molecule has 1 aromatic heterocycles. The fraction of sp³-hybridized carbons (Fsp3) is 0.824. The van der Waals surface area contributed by atoms with Crippen molar-refractivity contribution < 1.29 is 17.9 Å².